The monoisotopic (exact) mass is 496 g/mol. The van der Waals surface area contributed by atoms with Gasteiger partial charge in [-0.1, -0.05) is 36.4 Å². The average Bonchev–Trinajstić information content (AvgIpc) is 3.06. The molecule has 1 N–H and O–H groups in total. The fourth-order valence-electron chi connectivity index (χ4n) is 3.45. The topological polar surface area (TPSA) is 85.6 Å². The minimum Gasteiger partial charge on any atom is -0.491 e. The van der Waals surface area contributed by atoms with Crippen LogP contribution >= 0.6 is 11.8 Å². The van der Waals surface area contributed by atoms with Gasteiger partial charge in [-0.25, -0.2) is 4.68 Å². The summed E-state index contributed by atoms with van der Waals surface area (Å²) in [6.07, 6.45) is 0. The van der Waals surface area contributed by atoms with Gasteiger partial charge in [-0.05, 0) is 44.5 Å². The number of rotatable bonds is 10. The van der Waals surface area contributed by atoms with Crippen LogP contribution in [0.4, 0.5) is 5.69 Å². The molecule has 1 heterocycles. The van der Waals surface area contributed by atoms with Gasteiger partial charge in [0.15, 0.2) is 0 Å². The summed E-state index contributed by atoms with van der Waals surface area (Å²) in [6, 6.07) is 17.0. The number of benzene rings is 2. The average molecular weight is 497 g/mol. The van der Waals surface area contributed by atoms with Crippen molar-refractivity contribution in [1.82, 2.24) is 14.3 Å². The number of ether oxygens (including phenoxy) is 1. The van der Waals surface area contributed by atoms with Gasteiger partial charge >= 0.3 is 0 Å². The molecule has 0 aliphatic rings. The molecule has 0 spiro atoms. The van der Waals surface area contributed by atoms with Crippen molar-refractivity contribution in [3.63, 3.8) is 0 Å². The van der Waals surface area contributed by atoms with Crippen molar-refractivity contribution >= 4 is 29.3 Å². The molecule has 2 amide bonds. The summed E-state index contributed by atoms with van der Waals surface area (Å²) in [4.78, 5) is 39.9. The number of nitrogens with zero attached hydrogens (tertiary/aromatic N) is 3. The fourth-order valence-corrected chi connectivity index (χ4v) is 4.28. The zero-order valence-corrected chi connectivity index (χ0v) is 21.6. The lowest BCUT2D eigenvalue weighted by atomic mass is 10.2. The number of aryl methyl sites for hydroxylation is 1. The predicted molar refractivity (Wildman–Crippen MR) is 141 cm³/mol. The van der Waals surface area contributed by atoms with Gasteiger partial charge in [-0.15, -0.1) is 11.8 Å². The molecule has 0 bridgehead atoms. The Kier molecular flexibility index (Phi) is 8.81. The third kappa shape index (κ3) is 6.36. The van der Waals surface area contributed by atoms with E-state index >= 15 is 0 Å². The highest BCUT2D eigenvalue weighted by Gasteiger charge is 2.22. The van der Waals surface area contributed by atoms with E-state index in [1.165, 1.54) is 16.4 Å². The number of likely N-dealkylation sites (N-methyl/N-ethyl adjacent to an activating group) is 1. The molecule has 1 unspecified atom stereocenters. The SMILES string of the molecule is Cc1ccccc1OCCN(C)C(=O)CSC(C)C(=O)Nc1c(C)n(C)n(-c2ccccc2)c1=O. The Labute approximate surface area is 209 Å². The standard InChI is InChI=1S/C26H32N4O4S/c1-18-11-9-10-14-22(18)34-16-15-28(4)23(31)17-35-20(3)25(32)27-24-19(2)29(5)30(26(24)33)21-12-7-6-8-13-21/h6-14,20H,15-17H2,1-5H3,(H,27,32). The molecule has 3 aromatic rings. The number of hydrogen-bond donors (Lipinski definition) is 1. The van der Waals surface area contributed by atoms with Crippen molar-refractivity contribution in [2.75, 3.05) is 31.3 Å². The highest BCUT2D eigenvalue weighted by atomic mass is 32.2. The molecule has 9 heteroatoms. The van der Waals surface area contributed by atoms with Crippen LogP contribution in [0.2, 0.25) is 0 Å². The van der Waals surface area contributed by atoms with E-state index in [9.17, 15) is 14.4 Å². The molecule has 1 atom stereocenters. The van der Waals surface area contributed by atoms with Crippen molar-refractivity contribution < 1.29 is 14.3 Å². The van der Waals surface area contributed by atoms with E-state index < -0.39 is 5.25 Å². The first kappa shape index (κ1) is 26.2. The fraction of sp³-hybridized carbons (Fsp3) is 0.346. The third-order valence-corrected chi connectivity index (χ3v) is 6.96. The quantitative estimate of drug-likeness (QED) is 0.465. The summed E-state index contributed by atoms with van der Waals surface area (Å²) in [6.45, 7) is 6.31. The maximum absolute atomic E-state index is 13.0. The zero-order valence-electron chi connectivity index (χ0n) is 20.8. The number of nitrogens with one attached hydrogen (secondary N) is 1. The second-order valence-electron chi connectivity index (χ2n) is 8.31. The number of amides is 2. The van der Waals surface area contributed by atoms with E-state index in [-0.39, 0.29) is 28.8 Å². The van der Waals surface area contributed by atoms with E-state index in [4.69, 9.17) is 4.74 Å². The van der Waals surface area contributed by atoms with Crippen LogP contribution in [-0.4, -0.2) is 57.3 Å². The maximum Gasteiger partial charge on any atom is 0.295 e. The van der Waals surface area contributed by atoms with E-state index in [0.717, 1.165) is 11.3 Å². The van der Waals surface area contributed by atoms with Crippen LogP contribution in [0.5, 0.6) is 5.75 Å². The maximum atomic E-state index is 13.0. The largest absolute Gasteiger partial charge is 0.491 e. The van der Waals surface area contributed by atoms with Crippen LogP contribution in [0.3, 0.4) is 0 Å². The molecule has 1 aromatic heterocycles. The Hall–Kier alpha value is -3.46. The summed E-state index contributed by atoms with van der Waals surface area (Å²) in [7, 11) is 3.49. The summed E-state index contributed by atoms with van der Waals surface area (Å²) in [5.41, 5.74) is 2.35. The summed E-state index contributed by atoms with van der Waals surface area (Å²) in [5, 5.41) is 2.25. The Morgan fingerprint density at radius 2 is 1.74 bits per heavy atom. The first-order valence-electron chi connectivity index (χ1n) is 11.4. The number of thioether (sulfide) groups is 1. The Bertz CT molecular complexity index is 1240. The third-order valence-electron chi connectivity index (χ3n) is 5.83. The summed E-state index contributed by atoms with van der Waals surface area (Å²) >= 11 is 1.23. The number of hydrogen-bond acceptors (Lipinski definition) is 5. The molecule has 0 aliphatic heterocycles. The van der Waals surface area contributed by atoms with Gasteiger partial charge in [-0.3, -0.25) is 19.1 Å². The van der Waals surface area contributed by atoms with Gasteiger partial charge < -0.3 is 15.0 Å². The minimum absolute atomic E-state index is 0.0923. The van der Waals surface area contributed by atoms with Gasteiger partial charge in [0.25, 0.3) is 5.56 Å². The molecule has 2 aromatic carbocycles. The normalized spacial score (nSPS) is 11.7. The zero-order chi connectivity index (χ0) is 25.5. The predicted octanol–water partition coefficient (Wildman–Crippen LogP) is 3.39. The minimum atomic E-state index is -0.514. The smallest absolute Gasteiger partial charge is 0.295 e. The highest BCUT2D eigenvalue weighted by molar-refractivity contribution is 8.01. The van der Waals surface area contributed by atoms with Crippen molar-refractivity contribution in [2.45, 2.75) is 26.0 Å². The van der Waals surface area contributed by atoms with Crippen molar-refractivity contribution in [2.24, 2.45) is 7.05 Å². The molecule has 8 nitrogen and oxygen atoms in total. The molecular weight excluding hydrogens is 464 g/mol. The number of para-hydroxylation sites is 2. The van der Waals surface area contributed by atoms with E-state index in [2.05, 4.69) is 5.32 Å². The molecule has 0 saturated carbocycles. The van der Waals surface area contributed by atoms with Gasteiger partial charge in [0.05, 0.1) is 28.9 Å². The van der Waals surface area contributed by atoms with Crippen molar-refractivity contribution in [3.05, 3.63) is 76.2 Å². The lowest BCUT2D eigenvalue weighted by Gasteiger charge is -2.19. The molecular formula is C26H32N4O4S. The highest BCUT2D eigenvalue weighted by Crippen LogP contribution is 2.18. The van der Waals surface area contributed by atoms with Crippen LogP contribution in [-0.2, 0) is 16.6 Å². The Morgan fingerprint density at radius 3 is 2.43 bits per heavy atom. The molecule has 35 heavy (non-hydrogen) atoms. The van der Waals surface area contributed by atoms with Crippen molar-refractivity contribution in [1.29, 1.82) is 0 Å². The molecule has 0 radical (unpaired) electrons. The second kappa shape index (κ2) is 11.8. The summed E-state index contributed by atoms with van der Waals surface area (Å²) < 4.78 is 8.98. The molecule has 0 aliphatic carbocycles. The van der Waals surface area contributed by atoms with Gasteiger partial charge in [0, 0.05) is 14.1 Å². The lowest BCUT2D eigenvalue weighted by Crippen LogP contribution is -2.33. The number of carbonyl (C=O) groups is 2. The van der Waals surface area contributed by atoms with Crippen LogP contribution < -0.4 is 15.6 Å². The first-order valence-corrected chi connectivity index (χ1v) is 12.4. The van der Waals surface area contributed by atoms with E-state index in [1.54, 1.807) is 37.5 Å². The summed E-state index contributed by atoms with van der Waals surface area (Å²) in [5.74, 6) is 0.539. The van der Waals surface area contributed by atoms with Crippen LogP contribution in [0.25, 0.3) is 5.69 Å². The molecule has 0 fully saturated rings. The Morgan fingerprint density at radius 1 is 1.09 bits per heavy atom. The van der Waals surface area contributed by atoms with Gasteiger partial charge in [0.1, 0.15) is 18.0 Å². The number of aromatic nitrogens is 2. The van der Waals surface area contributed by atoms with Crippen LogP contribution in [0.1, 0.15) is 18.2 Å². The van der Waals surface area contributed by atoms with Crippen LogP contribution in [0, 0.1) is 13.8 Å². The second-order valence-corrected chi connectivity index (χ2v) is 9.64. The first-order chi connectivity index (χ1) is 16.7. The molecule has 0 saturated heterocycles. The van der Waals surface area contributed by atoms with Gasteiger partial charge in [-0.2, -0.15) is 0 Å². The van der Waals surface area contributed by atoms with Crippen LogP contribution in [0.15, 0.2) is 59.4 Å². The van der Waals surface area contributed by atoms with E-state index in [1.807, 2.05) is 61.5 Å². The molecule has 3 rings (SSSR count). The Balaban J connectivity index is 1.52. The van der Waals surface area contributed by atoms with Crippen molar-refractivity contribution in [3.8, 4) is 11.4 Å². The number of carbonyl (C=O) groups excluding carboxylic acids is 2. The van der Waals surface area contributed by atoms with E-state index in [0.29, 0.717) is 24.5 Å². The molecule has 186 valence electrons. The lowest BCUT2D eigenvalue weighted by molar-refractivity contribution is -0.127. The van der Waals surface area contributed by atoms with Gasteiger partial charge in [0.2, 0.25) is 11.8 Å². The number of anilines is 1.